The quantitative estimate of drug-likeness (QED) is 0.406. The molecule has 2 aromatic carbocycles. The number of phenols is 1. The Morgan fingerprint density at radius 1 is 1.21 bits per heavy atom. The number of hydrogen-bond acceptors (Lipinski definition) is 7. The number of nitrogens with one attached hydrogen (secondary N) is 1. The van der Waals surface area contributed by atoms with Gasteiger partial charge in [0.2, 0.25) is 0 Å². The van der Waals surface area contributed by atoms with E-state index in [1.807, 2.05) is 13.8 Å². The number of nitrogens with two attached hydrogens (primary N) is 1. The van der Waals surface area contributed by atoms with Crippen molar-refractivity contribution < 1.29 is 29.3 Å². The Hall–Kier alpha value is -4.01. The summed E-state index contributed by atoms with van der Waals surface area (Å²) >= 11 is 0. The SMILES string of the molecule is COc1cc(O)cc(C(=O)N[C@H](COc2cccc3nc(C)c(C(=O)O)c(N)c23)C(C)C)c1. The Bertz CT molecular complexity index is 1210. The number of phenolic OH excluding ortho intramolecular Hbond substituents is 1. The van der Waals surface area contributed by atoms with Crippen molar-refractivity contribution in [3.8, 4) is 17.2 Å². The van der Waals surface area contributed by atoms with Crippen molar-refractivity contribution >= 4 is 28.5 Å². The molecule has 0 radical (unpaired) electrons. The number of benzene rings is 2. The summed E-state index contributed by atoms with van der Waals surface area (Å²) in [5.41, 5.74) is 7.28. The first-order chi connectivity index (χ1) is 15.6. The second kappa shape index (κ2) is 9.64. The van der Waals surface area contributed by atoms with E-state index in [-0.39, 0.29) is 41.1 Å². The highest BCUT2D eigenvalue weighted by molar-refractivity contribution is 6.06. The number of carboxylic acids is 1. The molecule has 0 unspecified atom stereocenters. The summed E-state index contributed by atoms with van der Waals surface area (Å²) in [5.74, 6) is -0.896. The zero-order chi connectivity index (χ0) is 24.3. The number of carbonyl (C=O) groups is 2. The van der Waals surface area contributed by atoms with Crippen LogP contribution < -0.4 is 20.5 Å². The van der Waals surface area contributed by atoms with Crippen molar-refractivity contribution in [2.75, 3.05) is 19.5 Å². The van der Waals surface area contributed by atoms with Crippen molar-refractivity contribution in [1.82, 2.24) is 10.3 Å². The summed E-state index contributed by atoms with van der Waals surface area (Å²) < 4.78 is 11.1. The van der Waals surface area contributed by atoms with Crippen LogP contribution in [-0.4, -0.2) is 46.8 Å². The summed E-state index contributed by atoms with van der Waals surface area (Å²) in [7, 11) is 1.45. The number of hydrogen-bond donors (Lipinski definition) is 4. The molecule has 3 aromatic rings. The molecule has 33 heavy (non-hydrogen) atoms. The van der Waals surface area contributed by atoms with Gasteiger partial charge in [-0.15, -0.1) is 0 Å². The van der Waals surface area contributed by atoms with Crippen LogP contribution in [0.1, 0.15) is 40.3 Å². The first-order valence-corrected chi connectivity index (χ1v) is 10.4. The van der Waals surface area contributed by atoms with Gasteiger partial charge in [0.1, 0.15) is 29.4 Å². The molecule has 9 heteroatoms. The standard InChI is InChI=1S/C24H27N3O6/c1-12(2)18(27-23(29)14-8-15(28)10-16(9-14)32-4)11-33-19-7-5-6-17-21(19)22(25)20(24(30)31)13(3)26-17/h5-10,12,18,28H,11H2,1-4H3,(H2,25,26)(H,27,29)(H,30,31)/t18-/m1/s1. The summed E-state index contributed by atoms with van der Waals surface area (Å²) in [6, 6.07) is 9.05. The first-order valence-electron chi connectivity index (χ1n) is 10.4. The number of ether oxygens (including phenoxy) is 2. The molecule has 1 heterocycles. The lowest BCUT2D eigenvalue weighted by atomic mass is 10.0. The van der Waals surface area contributed by atoms with Gasteiger partial charge in [-0.2, -0.15) is 0 Å². The van der Waals surface area contributed by atoms with Gasteiger partial charge >= 0.3 is 5.97 Å². The topological polar surface area (TPSA) is 144 Å². The van der Waals surface area contributed by atoms with E-state index < -0.39 is 11.9 Å². The van der Waals surface area contributed by atoms with Crippen molar-refractivity contribution in [1.29, 1.82) is 0 Å². The molecule has 1 aromatic heterocycles. The zero-order valence-electron chi connectivity index (χ0n) is 18.9. The lowest BCUT2D eigenvalue weighted by Gasteiger charge is -2.23. The largest absolute Gasteiger partial charge is 0.508 e. The summed E-state index contributed by atoms with van der Waals surface area (Å²) in [6.45, 7) is 5.56. The molecule has 3 rings (SSSR count). The van der Waals surface area contributed by atoms with Crippen LogP contribution in [-0.2, 0) is 0 Å². The van der Waals surface area contributed by atoms with E-state index in [9.17, 15) is 19.8 Å². The molecule has 0 aliphatic carbocycles. The number of pyridine rings is 1. The van der Waals surface area contributed by atoms with Crippen LogP contribution in [0.25, 0.3) is 10.9 Å². The summed E-state index contributed by atoms with van der Waals surface area (Å²) in [6.07, 6.45) is 0. The van der Waals surface area contributed by atoms with Crippen molar-refractivity contribution in [2.24, 2.45) is 5.92 Å². The number of aromatic nitrogens is 1. The molecule has 0 aliphatic heterocycles. The van der Waals surface area contributed by atoms with E-state index in [2.05, 4.69) is 10.3 Å². The van der Waals surface area contributed by atoms with E-state index >= 15 is 0 Å². The number of rotatable bonds is 8. The number of aryl methyl sites for hydroxylation is 1. The number of carbonyl (C=O) groups excluding carboxylic acids is 1. The van der Waals surface area contributed by atoms with Gasteiger partial charge in [0, 0.05) is 11.6 Å². The van der Waals surface area contributed by atoms with Gasteiger partial charge in [-0.05, 0) is 37.1 Å². The highest BCUT2D eigenvalue weighted by Gasteiger charge is 2.22. The number of methoxy groups -OCH3 is 1. The Morgan fingerprint density at radius 3 is 2.58 bits per heavy atom. The second-order valence-corrected chi connectivity index (χ2v) is 8.00. The van der Waals surface area contributed by atoms with Crippen LogP contribution >= 0.6 is 0 Å². The minimum absolute atomic E-state index is 0.00966. The van der Waals surface area contributed by atoms with E-state index in [1.165, 1.54) is 25.3 Å². The fraction of sp³-hybridized carbons (Fsp3) is 0.292. The van der Waals surface area contributed by atoms with Crippen LogP contribution in [0, 0.1) is 12.8 Å². The van der Waals surface area contributed by atoms with Crippen LogP contribution in [0.3, 0.4) is 0 Å². The average molecular weight is 453 g/mol. The minimum atomic E-state index is -1.16. The van der Waals surface area contributed by atoms with E-state index in [4.69, 9.17) is 15.2 Å². The molecular formula is C24H27N3O6. The molecule has 0 saturated heterocycles. The number of nitrogens with zero attached hydrogens (tertiary/aromatic N) is 1. The van der Waals surface area contributed by atoms with Crippen LogP contribution in [0.15, 0.2) is 36.4 Å². The lowest BCUT2D eigenvalue weighted by Crippen LogP contribution is -2.42. The van der Waals surface area contributed by atoms with Crippen LogP contribution in [0.2, 0.25) is 0 Å². The van der Waals surface area contributed by atoms with Gasteiger partial charge in [0.25, 0.3) is 5.91 Å². The number of fused-ring (bicyclic) bond motifs is 1. The van der Waals surface area contributed by atoms with E-state index in [0.29, 0.717) is 28.1 Å². The molecule has 1 amide bonds. The number of carboxylic acid groups (broad SMARTS) is 1. The third-order valence-corrected chi connectivity index (χ3v) is 5.34. The average Bonchev–Trinajstić information content (AvgIpc) is 2.75. The maximum atomic E-state index is 12.8. The Kier molecular flexibility index (Phi) is 6.91. The van der Waals surface area contributed by atoms with Crippen molar-refractivity contribution in [3.63, 3.8) is 0 Å². The van der Waals surface area contributed by atoms with Crippen LogP contribution in [0.4, 0.5) is 5.69 Å². The van der Waals surface area contributed by atoms with E-state index in [1.54, 1.807) is 25.1 Å². The van der Waals surface area contributed by atoms with Crippen molar-refractivity contribution in [3.05, 3.63) is 53.2 Å². The fourth-order valence-corrected chi connectivity index (χ4v) is 3.49. The monoisotopic (exact) mass is 453 g/mol. The normalized spacial score (nSPS) is 11.9. The number of amides is 1. The minimum Gasteiger partial charge on any atom is -0.508 e. The Labute approximate surface area is 191 Å². The predicted molar refractivity (Wildman–Crippen MR) is 124 cm³/mol. The molecule has 0 spiro atoms. The van der Waals surface area contributed by atoms with Gasteiger partial charge < -0.3 is 30.7 Å². The molecule has 0 bridgehead atoms. The Morgan fingerprint density at radius 2 is 1.94 bits per heavy atom. The third kappa shape index (κ3) is 5.08. The molecule has 1 atom stereocenters. The number of anilines is 1. The smallest absolute Gasteiger partial charge is 0.339 e. The zero-order valence-corrected chi connectivity index (χ0v) is 18.9. The number of nitrogen functional groups attached to an aromatic ring is 1. The van der Waals surface area contributed by atoms with Gasteiger partial charge in [-0.3, -0.25) is 9.78 Å². The number of aromatic hydroxyl groups is 1. The highest BCUT2D eigenvalue weighted by Crippen LogP contribution is 2.33. The molecule has 0 aliphatic rings. The molecule has 0 saturated carbocycles. The maximum absolute atomic E-state index is 12.8. The fourth-order valence-electron chi connectivity index (χ4n) is 3.49. The van der Waals surface area contributed by atoms with Crippen molar-refractivity contribution in [2.45, 2.75) is 26.8 Å². The van der Waals surface area contributed by atoms with E-state index in [0.717, 1.165) is 0 Å². The maximum Gasteiger partial charge on any atom is 0.339 e. The lowest BCUT2D eigenvalue weighted by molar-refractivity contribution is 0.0696. The molecule has 9 nitrogen and oxygen atoms in total. The molecule has 0 fully saturated rings. The highest BCUT2D eigenvalue weighted by atomic mass is 16.5. The summed E-state index contributed by atoms with van der Waals surface area (Å²) in [5, 5.41) is 22.7. The second-order valence-electron chi connectivity index (χ2n) is 8.00. The van der Waals surface area contributed by atoms with Crippen LogP contribution in [0.5, 0.6) is 17.2 Å². The molecule has 174 valence electrons. The summed E-state index contributed by atoms with van der Waals surface area (Å²) in [4.78, 5) is 28.8. The molecule has 5 N–H and O–H groups in total. The molecular weight excluding hydrogens is 426 g/mol. The number of aromatic carboxylic acids is 1. The third-order valence-electron chi connectivity index (χ3n) is 5.34. The van der Waals surface area contributed by atoms with Gasteiger partial charge in [0.15, 0.2) is 0 Å². The van der Waals surface area contributed by atoms with Gasteiger partial charge in [-0.25, -0.2) is 4.79 Å². The predicted octanol–water partition coefficient (Wildman–Crippen LogP) is 3.37. The van der Waals surface area contributed by atoms with Gasteiger partial charge in [-0.1, -0.05) is 19.9 Å². The first kappa shape index (κ1) is 23.6. The Balaban J connectivity index is 1.86. The van der Waals surface area contributed by atoms with Gasteiger partial charge in [0.05, 0.1) is 35.4 Å².